The molecular weight excluding hydrogens is 206 g/mol. The van der Waals surface area contributed by atoms with Crippen molar-refractivity contribution in [2.75, 3.05) is 12.3 Å². The van der Waals surface area contributed by atoms with E-state index in [1.807, 2.05) is 0 Å². The number of nitrogen functional groups attached to an aromatic ring is 1. The lowest BCUT2D eigenvalue weighted by molar-refractivity contribution is 0.0697. The second kappa shape index (κ2) is 4.43. The van der Waals surface area contributed by atoms with E-state index >= 15 is 0 Å². The minimum Gasteiger partial charge on any atom is -0.494 e. The molecule has 1 fully saturated rings. The van der Waals surface area contributed by atoms with Crippen molar-refractivity contribution in [1.82, 2.24) is 0 Å². The topological polar surface area (TPSA) is 72.5 Å². The molecule has 0 radical (unpaired) electrons. The van der Waals surface area contributed by atoms with Crippen LogP contribution in [0.3, 0.4) is 0 Å². The molecule has 1 aliphatic rings. The molecule has 0 amide bonds. The van der Waals surface area contributed by atoms with Gasteiger partial charge in [-0.1, -0.05) is 12.8 Å². The van der Waals surface area contributed by atoms with Crippen LogP contribution in [-0.2, 0) is 0 Å². The van der Waals surface area contributed by atoms with Crippen molar-refractivity contribution < 1.29 is 14.6 Å². The fourth-order valence-corrected chi connectivity index (χ4v) is 1.56. The van der Waals surface area contributed by atoms with E-state index in [1.54, 1.807) is 12.1 Å². The summed E-state index contributed by atoms with van der Waals surface area (Å²) in [6, 6.07) is 4.75. The van der Waals surface area contributed by atoms with Gasteiger partial charge in [-0.25, -0.2) is 4.79 Å². The van der Waals surface area contributed by atoms with Crippen LogP contribution >= 0.6 is 0 Å². The summed E-state index contributed by atoms with van der Waals surface area (Å²) in [5.41, 5.74) is 5.91. The molecule has 4 heteroatoms. The number of carboxylic acids is 1. The normalized spacial score (nSPS) is 14.8. The van der Waals surface area contributed by atoms with E-state index in [0.29, 0.717) is 12.4 Å². The molecule has 0 aliphatic heterocycles. The fourth-order valence-electron chi connectivity index (χ4n) is 1.56. The van der Waals surface area contributed by atoms with E-state index in [9.17, 15) is 4.79 Å². The van der Waals surface area contributed by atoms with Crippen LogP contribution in [0.1, 0.15) is 29.6 Å². The van der Waals surface area contributed by atoms with E-state index < -0.39 is 5.97 Å². The lowest BCUT2D eigenvalue weighted by atomic mass is 10.2. The van der Waals surface area contributed by atoms with Crippen molar-refractivity contribution in [2.24, 2.45) is 5.92 Å². The number of benzene rings is 1. The van der Waals surface area contributed by atoms with Gasteiger partial charge in [0.1, 0.15) is 5.75 Å². The Labute approximate surface area is 94.0 Å². The van der Waals surface area contributed by atoms with E-state index in [0.717, 1.165) is 12.3 Å². The molecule has 86 valence electrons. The molecule has 0 spiro atoms. The Balaban J connectivity index is 1.97. The minimum absolute atomic E-state index is 0.101. The highest BCUT2D eigenvalue weighted by molar-refractivity contribution is 5.94. The summed E-state index contributed by atoms with van der Waals surface area (Å²) in [4.78, 5) is 10.8. The van der Waals surface area contributed by atoms with Gasteiger partial charge in [0.25, 0.3) is 0 Å². The zero-order valence-electron chi connectivity index (χ0n) is 8.98. The van der Waals surface area contributed by atoms with Crippen molar-refractivity contribution >= 4 is 11.7 Å². The maximum absolute atomic E-state index is 10.8. The highest BCUT2D eigenvalue weighted by Gasteiger charge is 2.20. The van der Waals surface area contributed by atoms with Gasteiger partial charge in [-0.15, -0.1) is 0 Å². The number of rotatable bonds is 5. The van der Waals surface area contributed by atoms with Crippen LogP contribution in [-0.4, -0.2) is 17.7 Å². The van der Waals surface area contributed by atoms with Gasteiger partial charge in [-0.05, 0) is 30.5 Å². The first-order chi connectivity index (χ1) is 7.66. The third-order valence-electron chi connectivity index (χ3n) is 2.75. The van der Waals surface area contributed by atoms with E-state index in [2.05, 4.69) is 0 Å². The Hall–Kier alpha value is -1.71. The molecule has 1 aromatic carbocycles. The lowest BCUT2D eigenvalue weighted by Crippen LogP contribution is -2.04. The number of hydrogen-bond donors (Lipinski definition) is 2. The molecule has 0 bridgehead atoms. The molecule has 0 atom stereocenters. The van der Waals surface area contributed by atoms with Gasteiger partial charge in [0.15, 0.2) is 0 Å². The van der Waals surface area contributed by atoms with Crippen molar-refractivity contribution in [3.05, 3.63) is 23.8 Å². The maximum Gasteiger partial charge on any atom is 0.337 e. The first kappa shape index (κ1) is 10.8. The fraction of sp³-hybridized carbons (Fsp3) is 0.417. The standard InChI is InChI=1S/C12H15NO3/c13-11-4-3-9(7-10(11)12(14)15)16-6-5-8-1-2-8/h3-4,7-8H,1-2,5-6,13H2,(H,14,15). The van der Waals surface area contributed by atoms with Crippen LogP contribution in [0.4, 0.5) is 5.69 Å². The van der Waals surface area contributed by atoms with E-state index in [1.165, 1.54) is 18.9 Å². The Bertz CT molecular complexity index is 399. The van der Waals surface area contributed by atoms with Crippen LogP contribution < -0.4 is 10.5 Å². The molecule has 4 nitrogen and oxygen atoms in total. The third-order valence-corrected chi connectivity index (χ3v) is 2.75. The van der Waals surface area contributed by atoms with Crippen LogP contribution in [0.15, 0.2) is 18.2 Å². The van der Waals surface area contributed by atoms with Gasteiger partial charge in [-0.2, -0.15) is 0 Å². The molecule has 0 unspecified atom stereocenters. The Kier molecular flexibility index (Phi) is 2.99. The van der Waals surface area contributed by atoms with E-state index in [4.69, 9.17) is 15.6 Å². The zero-order chi connectivity index (χ0) is 11.5. The second-order valence-electron chi connectivity index (χ2n) is 4.13. The van der Waals surface area contributed by atoms with Crippen molar-refractivity contribution in [3.8, 4) is 5.75 Å². The first-order valence-electron chi connectivity index (χ1n) is 5.42. The third kappa shape index (κ3) is 2.66. The summed E-state index contributed by atoms with van der Waals surface area (Å²) in [6.07, 6.45) is 3.64. The number of carboxylic acid groups (broad SMARTS) is 1. The molecule has 0 saturated heterocycles. The van der Waals surface area contributed by atoms with Gasteiger partial charge >= 0.3 is 5.97 Å². The zero-order valence-corrected chi connectivity index (χ0v) is 8.98. The minimum atomic E-state index is -1.02. The van der Waals surface area contributed by atoms with Crippen LogP contribution in [0.2, 0.25) is 0 Å². The second-order valence-corrected chi connectivity index (χ2v) is 4.13. The Morgan fingerprint density at radius 2 is 2.25 bits per heavy atom. The summed E-state index contributed by atoms with van der Waals surface area (Å²) >= 11 is 0. The Morgan fingerprint density at radius 1 is 1.50 bits per heavy atom. The molecule has 2 rings (SSSR count). The number of aromatic carboxylic acids is 1. The molecule has 3 N–H and O–H groups in total. The molecule has 16 heavy (non-hydrogen) atoms. The SMILES string of the molecule is Nc1ccc(OCCC2CC2)cc1C(=O)O. The molecule has 1 aromatic rings. The Morgan fingerprint density at radius 3 is 2.88 bits per heavy atom. The van der Waals surface area contributed by atoms with E-state index in [-0.39, 0.29) is 11.3 Å². The maximum atomic E-state index is 10.8. The largest absolute Gasteiger partial charge is 0.494 e. The summed E-state index contributed by atoms with van der Waals surface area (Å²) in [6.45, 7) is 0.646. The average molecular weight is 221 g/mol. The number of hydrogen-bond acceptors (Lipinski definition) is 3. The average Bonchev–Trinajstić information content (AvgIpc) is 3.04. The van der Waals surface area contributed by atoms with Gasteiger partial charge in [-0.3, -0.25) is 0 Å². The van der Waals surface area contributed by atoms with Crippen LogP contribution in [0.25, 0.3) is 0 Å². The highest BCUT2D eigenvalue weighted by Crippen LogP contribution is 2.32. The summed E-state index contributed by atoms with van der Waals surface area (Å²) < 4.78 is 5.48. The molecule has 0 aromatic heterocycles. The van der Waals surface area contributed by atoms with Crippen LogP contribution in [0, 0.1) is 5.92 Å². The summed E-state index contributed by atoms with van der Waals surface area (Å²) in [5.74, 6) is 0.366. The van der Waals surface area contributed by atoms with Gasteiger partial charge < -0.3 is 15.6 Å². The summed E-state index contributed by atoms with van der Waals surface area (Å²) in [5, 5.41) is 8.88. The van der Waals surface area contributed by atoms with Gasteiger partial charge in [0, 0.05) is 5.69 Å². The monoisotopic (exact) mass is 221 g/mol. The van der Waals surface area contributed by atoms with Crippen molar-refractivity contribution in [3.63, 3.8) is 0 Å². The van der Waals surface area contributed by atoms with Crippen molar-refractivity contribution in [1.29, 1.82) is 0 Å². The molecule has 0 heterocycles. The molecular formula is C12H15NO3. The molecule has 1 saturated carbocycles. The van der Waals surface area contributed by atoms with Gasteiger partial charge in [0.2, 0.25) is 0 Å². The first-order valence-corrected chi connectivity index (χ1v) is 5.42. The number of anilines is 1. The number of nitrogens with two attached hydrogens (primary N) is 1. The summed E-state index contributed by atoms with van der Waals surface area (Å²) in [7, 11) is 0. The van der Waals surface area contributed by atoms with Crippen molar-refractivity contribution in [2.45, 2.75) is 19.3 Å². The lowest BCUT2D eigenvalue weighted by Gasteiger charge is -2.07. The smallest absolute Gasteiger partial charge is 0.337 e. The molecule has 1 aliphatic carbocycles. The number of ether oxygens (including phenoxy) is 1. The quantitative estimate of drug-likeness (QED) is 0.747. The van der Waals surface area contributed by atoms with Crippen LogP contribution in [0.5, 0.6) is 5.75 Å². The van der Waals surface area contributed by atoms with Gasteiger partial charge in [0.05, 0.1) is 12.2 Å². The predicted octanol–water partition coefficient (Wildman–Crippen LogP) is 2.15. The number of carbonyl (C=O) groups is 1. The highest BCUT2D eigenvalue weighted by atomic mass is 16.5. The predicted molar refractivity (Wildman–Crippen MR) is 60.6 cm³/mol.